The first-order valence-corrected chi connectivity index (χ1v) is 8.01. The molecule has 0 fully saturated rings. The summed E-state index contributed by atoms with van der Waals surface area (Å²) in [4.78, 5) is 20.7. The molecule has 1 N–H and O–H groups in total. The Bertz CT molecular complexity index is 1010. The normalized spacial score (nSPS) is 10.7. The molecule has 1 amide bonds. The predicted octanol–water partition coefficient (Wildman–Crippen LogP) is 3.35. The number of imidazole rings is 1. The Kier molecular flexibility index (Phi) is 3.96. The number of fused-ring (bicyclic) bond motifs is 1. The lowest BCUT2D eigenvalue weighted by Crippen LogP contribution is -2.22. The molecule has 0 aliphatic heterocycles. The number of benzene rings is 2. The zero-order valence-electron chi connectivity index (χ0n) is 13.5. The Morgan fingerprint density at radius 2 is 1.84 bits per heavy atom. The summed E-state index contributed by atoms with van der Waals surface area (Å²) in [5, 5.41) is 2.90. The van der Waals surface area contributed by atoms with E-state index in [0.717, 1.165) is 22.3 Å². The van der Waals surface area contributed by atoms with E-state index in [2.05, 4.69) is 15.3 Å². The number of rotatable bonds is 4. The average molecular weight is 328 g/mol. The Balaban J connectivity index is 1.51. The fraction of sp³-hybridized carbons (Fsp3) is 0.0500. The molecule has 0 spiro atoms. The third-order valence-electron chi connectivity index (χ3n) is 4.04. The van der Waals surface area contributed by atoms with Crippen molar-refractivity contribution >= 4 is 16.9 Å². The van der Waals surface area contributed by atoms with Crippen LogP contribution < -0.4 is 5.32 Å². The first-order chi connectivity index (χ1) is 12.3. The molecule has 4 rings (SSSR count). The van der Waals surface area contributed by atoms with Crippen molar-refractivity contribution in [2.75, 3.05) is 0 Å². The maximum absolute atomic E-state index is 12.3. The molecule has 5 heteroatoms. The van der Waals surface area contributed by atoms with Gasteiger partial charge in [0, 0.05) is 30.2 Å². The molecule has 0 aliphatic carbocycles. The first-order valence-electron chi connectivity index (χ1n) is 8.01. The summed E-state index contributed by atoms with van der Waals surface area (Å²) in [5.74, 6) is -0.106. The van der Waals surface area contributed by atoms with Gasteiger partial charge in [0.2, 0.25) is 0 Å². The predicted molar refractivity (Wildman–Crippen MR) is 96.5 cm³/mol. The number of amides is 1. The largest absolute Gasteiger partial charge is 0.348 e. The highest BCUT2D eigenvalue weighted by Crippen LogP contribution is 2.18. The number of carbonyl (C=O) groups excluding carboxylic acids is 1. The van der Waals surface area contributed by atoms with Crippen LogP contribution >= 0.6 is 0 Å². The van der Waals surface area contributed by atoms with Gasteiger partial charge in [-0.2, -0.15) is 0 Å². The number of nitrogens with zero attached hydrogens (tertiary/aromatic N) is 3. The van der Waals surface area contributed by atoms with Gasteiger partial charge < -0.3 is 5.32 Å². The first kappa shape index (κ1) is 15.1. The van der Waals surface area contributed by atoms with Crippen molar-refractivity contribution in [3.63, 3.8) is 0 Å². The van der Waals surface area contributed by atoms with E-state index in [-0.39, 0.29) is 5.91 Å². The van der Waals surface area contributed by atoms with Gasteiger partial charge in [-0.05, 0) is 48.0 Å². The molecule has 0 unspecified atom stereocenters. The topological polar surface area (TPSA) is 59.8 Å². The second kappa shape index (κ2) is 6.57. The Morgan fingerprint density at radius 1 is 1.00 bits per heavy atom. The summed E-state index contributed by atoms with van der Waals surface area (Å²) in [6, 6.07) is 19.2. The lowest BCUT2D eigenvalue weighted by molar-refractivity contribution is 0.0951. The summed E-state index contributed by atoms with van der Waals surface area (Å²) >= 11 is 0. The SMILES string of the molecule is O=C(NCc1cccnc1)c1ccc(-n2cnc3ccccc32)cc1. The summed E-state index contributed by atoms with van der Waals surface area (Å²) in [5.41, 5.74) is 4.55. The molecule has 0 radical (unpaired) electrons. The highest BCUT2D eigenvalue weighted by molar-refractivity contribution is 5.94. The molecule has 0 atom stereocenters. The summed E-state index contributed by atoms with van der Waals surface area (Å²) < 4.78 is 2.01. The van der Waals surface area contributed by atoms with Crippen LogP contribution in [0.4, 0.5) is 0 Å². The second-order valence-electron chi connectivity index (χ2n) is 5.69. The van der Waals surface area contributed by atoms with Gasteiger partial charge in [-0.15, -0.1) is 0 Å². The molecule has 0 saturated carbocycles. The molecule has 2 aromatic heterocycles. The minimum Gasteiger partial charge on any atom is -0.348 e. The highest BCUT2D eigenvalue weighted by atomic mass is 16.1. The van der Waals surface area contributed by atoms with E-state index < -0.39 is 0 Å². The summed E-state index contributed by atoms with van der Waals surface area (Å²) in [6.07, 6.45) is 5.25. The van der Waals surface area contributed by atoms with E-state index in [1.807, 2.05) is 65.2 Å². The molecule has 122 valence electrons. The van der Waals surface area contributed by atoms with Gasteiger partial charge in [0.15, 0.2) is 0 Å². The lowest BCUT2D eigenvalue weighted by Gasteiger charge is -2.07. The van der Waals surface area contributed by atoms with Crippen LogP contribution in [0.3, 0.4) is 0 Å². The van der Waals surface area contributed by atoms with Crippen molar-refractivity contribution in [1.29, 1.82) is 0 Å². The van der Waals surface area contributed by atoms with E-state index in [9.17, 15) is 4.79 Å². The molecule has 0 bridgehead atoms. The second-order valence-corrected chi connectivity index (χ2v) is 5.69. The molecular weight excluding hydrogens is 312 g/mol. The number of aromatic nitrogens is 3. The van der Waals surface area contributed by atoms with E-state index in [1.54, 1.807) is 18.7 Å². The summed E-state index contributed by atoms with van der Waals surface area (Å²) in [7, 11) is 0. The lowest BCUT2D eigenvalue weighted by atomic mass is 10.2. The molecule has 0 aliphatic rings. The fourth-order valence-corrected chi connectivity index (χ4v) is 2.73. The van der Waals surface area contributed by atoms with Gasteiger partial charge in [-0.3, -0.25) is 14.3 Å². The van der Waals surface area contributed by atoms with Gasteiger partial charge in [-0.1, -0.05) is 18.2 Å². The van der Waals surface area contributed by atoms with Crippen molar-refractivity contribution in [2.45, 2.75) is 6.54 Å². The molecule has 2 heterocycles. The van der Waals surface area contributed by atoms with E-state index in [4.69, 9.17) is 0 Å². The van der Waals surface area contributed by atoms with Gasteiger partial charge in [0.05, 0.1) is 11.0 Å². The van der Waals surface area contributed by atoms with Crippen LogP contribution in [0.15, 0.2) is 79.4 Å². The fourth-order valence-electron chi connectivity index (χ4n) is 2.73. The van der Waals surface area contributed by atoms with Crippen LogP contribution in [0.2, 0.25) is 0 Å². The maximum Gasteiger partial charge on any atom is 0.251 e. The van der Waals surface area contributed by atoms with Gasteiger partial charge in [0.25, 0.3) is 5.91 Å². The molecule has 4 aromatic rings. The number of para-hydroxylation sites is 2. The Hall–Kier alpha value is -3.47. The number of nitrogens with one attached hydrogen (secondary N) is 1. The maximum atomic E-state index is 12.3. The van der Waals surface area contributed by atoms with Gasteiger partial charge >= 0.3 is 0 Å². The monoisotopic (exact) mass is 328 g/mol. The van der Waals surface area contributed by atoms with Crippen LogP contribution in [0.25, 0.3) is 16.7 Å². The molecule has 0 saturated heterocycles. The van der Waals surface area contributed by atoms with Crippen molar-refractivity contribution in [3.8, 4) is 5.69 Å². The third kappa shape index (κ3) is 3.12. The Labute approximate surface area is 145 Å². The summed E-state index contributed by atoms with van der Waals surface area (Å²) in [6.45, 7) is 0.459. The van der Waals surface area contributed by atoms with Crippen LogP contribution in [0.5, 0.6) is 0 Å². The number of pyridine rings is 1. The molecule has 25 heavy (non-hydrogen) atoms. The standard InChI is InChI=1S/C20H16N4O/c25-20(22-13-15-4-3-11-21-12-15)16-7-9-17(10-8-16)24-14-23-18-5-1-2-6-19(18)24/h1-12,14H,13H2,(H,22,25). The Morgan fingerprint density at radius 3 is 2.64 bits per heavy atom. The number of carbonyl (C=O) groups is 1. The zero-order chi connectivity index (χ0) is 17.1. The number of hydrogen-bond donors (Lipinski definition) is 1. The van der Waals surface area contributed by atoms with Crippen molar-refractivity contribution in [3.05, 3.63) is 90.5 Å². The van der Waals surface area contributed by atoms with Crippen LogP contribution in [-0.2, 0) is 6.54 Å². The molecule has 2 aromatic carbocycles. The van der Waals surface area contributed by atoms with Crippen molar-refractivity contribution in [1.82, 2.24) is 19.9 Å². The molecule has 5 nitrogen and oxygen atoms in total. The molecular formula is C20H16N4O. The van der Waals surface area contributed by atoms with Crippen molar-refractivity contribution < 1.29 is 4.79 Å². The smallest absolute Gasteiger partial charge is 0.251 e. The van der Waals surface area contributed by atoms with Gasteiger partial charge in [-0.25, -0.2) is 4.98 Å². The third-order valence-corrected chi connectivity index (χ3v) is 4.04. The quantitative estimate of drug-likeness (QED) is 0.625. The van der Waals surface area contributed by atoms with Crippen molar-refractivity contribution in [2.24, 2.45) is 0 Å². The van der Waals surface area contributed by atoms with Crippen LogP contribution in [0, 0.1) is 0 Å². The minimum absolute atomic E-state index is 0.106. The van der Waals surface area contributed by atoms with E-state index in [1.165, 1.54) is 0 Å². The van der Waals surface area contributed by atoms with Gasteiger partial charge in [0.1, 0.15) is 6.33 Å². The highest BCUT2D eigenvalue weighted by Gasteiger charge is 2.07. The minimum atomic E-state index is -0.106. The van der Waals surface area contributed by atoms with E-state index >= 15 is 0 Å². The number of hydrogen-bond acceptors (Lipinski definition) is 3. The average Bonchev–Trinajstić information content (AvgIpc) is 3.11. The van der Waals surface area contributed by atoms with Crippen LogP contribution in [0.1, 0.15) is 15.9 Å². The van der Waals surface area contributed by atoms with E-state index in [0.29, 0.717) is 12.1 Å². The van der Waals surface area contributed by atoms with Crippen LogP contribution in [-0.4, -0.2) is 20.4 Å². The zero-order valence-corrected chi connectivity index (χ0v) is 13.5.